The summed E-state index contributed by atoms with van der Waals surface area (Å²) >= 11 is 8.12. The molecular weight excluding hydrogens is 318 g/mol. The van der Waals surface area contributed by atoms with Crippen LogP contribution in [-0.2, 0) is 0 Å². The van der Waals surface area contributed by atoms with E-state index in [1.807, 2.05) is 17.8 Å². The molecule has 120 valence electrons. The molecule has 0 aromatic heterocycles. The van der Waals surface area contributed by atoms with Crippen molar-refractivity contribution in [1.82, 2.24) is 10.2 Å². The summed E-state index contributed by atoms with van der Waals surface area (Å²) in [5, 5.41) is 4.59. The van der Waals surface area contributed by atoms with Crippen molar-refractivity contribution in [3.8, 4) is 0 Å². The quantitative estimate of drug-likeness (QED) is 0.868. The molecule has 2 amide bonds. The van der Waals surface area contributed by atoms with Gasteiger partial charge in [0.15, 0.2) is 0 Å². The number of fused-ring (bicyclic) bond motifs is 1. The van der Waals surface area contributed by atoms with Crippen LogP contribution in [0.15, 0.2) is 23.1 Å². The molecule has 2 heterocycles. The van der Waals surface area contributed by atoms with Gasteiger partial charge in [-0.25, -0.2) is 4.79 Å². The topological polar surface area (TPSA) is 58.4 Å². The second-order valence-corrected chi connectivity index (χ2v) is 7.56. The van der Waals surface area contributed by atoms with E-state index in [1.54, 1.807) is 4.90 Å². The lowest BCUT2D eigenvalue weighted by molar-refractivity contribution is 0.181. The number of halogens is 1. The zero-order chi connectivity index (χ0) is 15.5. The number of benzene rings is 1. The largest absolute Gasteiger partial charge is 0.351 e. The van der Waals surface area contributed by atoms with Crippen molar-refractivity contribution in [3.05, 3.63) is 28.8 Å². The molecule has 0 aliphatic carbocycles. The molecule has 2 aliphatic rings. The number of urea groups is 1. The highest BCUT2D eigenvalue weighted by Gasteiger charge is 2.26. The van der Waals surface area contributed by atoms with E-state index in [9.17, 15) is 4.79 Å². The zero-order valence-corrected chi connectivity index (χ0v) is 14.1. The molecule has 3 N–H and O–H groups in total. The minimum Gasteiger partial charge on any atom is -0.351 e. The van der Waals surface area contributed by atoms with Crippen LogP contribution < -0.4 is 11.1 Å². The summed E-state index contributed by atoms with van der Waals surface area (Å²) in [6.07, 6.45) is 4.26. The minimum atomic E-state index is -0.304. The molecule has 22 heavy (non-hydrogen) atoms. The van der Waals surface area contributed by atoms with Gasteiger partial charge in [-0.05, 0) is 55.2 Å². The summed E-state index contributed by atoms with van der Waals surface area (Å²) in [7, 11) is 0. The Morgan fingerprint density at radius 1 is 1.32 bits per heavy atom. The van der Waals surface area contributed by atoms with Gasteiger partial charge in [0.1, 0.15) is 0 Å². The van der Waals surface area contributed by atoms with Gasteiger partial charge in [-0.1, -0.05) is 11.6 Å². The van der Waals surface area contributed by atoms with Gasteiger partial charge in [0.25, 0.3) is 0 Å². The summed E-state index contributed by atoms with van der Waals surface area (Å²) in [6.45, 7) is 1.49. The van der Waals surface area contributed by atoms with Gasteiger partial charge in [0.05, 0.1) is 0 Å². The number of nitrogens with zero attached hydrogens (tertiary/aromatic N) is 1. The summed E-state index contributed by atoms with van der Waals surface area (Å²) in [6, 6.07) is 6.70. The predicted octanol–water partition coefficient (Wildman–Crippen LogP) is 3.40. The molecule has 0 spiro atoms. The molecule has 3 rings (SSSR count). The normalized spacial score (nSPS) is 23.0. The second-order valence-electron chi connectivity index (χ2n) is 5.99. The molecule has 4 nitrogen and oxygen atoms in total. The van der Waals surface area contributed by atoms with E-state index >= 15 is 0 Å². The smallest absolute Gasteiger partial charge is 0.314 e. The summed E-state index contributed by atoms with van der Waals surface area (Å²) in [5.41, 5.74) is 6.67. The van der Waals surface area contributed by atoms with E-state index in [4.69, 9.17) is 17.3 Å². The van der Waals surface area contributed by atoms with Crippen LogP contribution in [0.4, 0.5) is 4.79 Å². The van der Waals surface area contributed by atoms with Gasteiger partial charge in [0.2, 0.25) is 0 Å². The van der Waals surface area contributed by atoms with Crippen LogP contribution in [-0.4, -0.2) is 35.8 Å². The average Bonchev–Trinajstić information content (AvgIpc) is 2.70. The summed E-state index contributed by atoms with van der Waals surface area (Å²) in [4.78, 5) is 14.3. The van der Waals surface area contributed by atoms with Crippen molar-refractivity contribution in [1.29, 1.82) is 0 Å². The van der Waals surface area contributed by atoms with Crippen molar-refractivity contribution in [2.75, 3.05) is 18.8 Å². The molecule has 0 radical (unpaired) electrons. The minimum absolute atomic E-state index is 0.304. The van der Waals surface area contributed by atoms with Crippen molar-refractivity contribution in [2.24, 2.45) is 5.73 Å². The summed E-state index contributed by atoms with van der Waals surface area (Å²) < 4.78 is 0. The Labute approximate surface area is 140 Å². The molecule has 0 bridgehead atoms. The third kappa shape index (κ3) is 3.70. The molecular formula is C16H22ClN3OS. The Balaban J connectivity index is 1.68. The van der Waals surface area contributed by atoms with Crippen LogP contribution in [0.5, 0.6) is 0 Å². The molecule has 0 saturated carbocycles. The highest BCUT2D eigenvalue weighted by Crippen LogP contribution is 2.36. The number of nitrogens with two attached hydrogens (primary N) is 1. The van der Waals surface area contributed by atoms with E-state index in [1.165, 1.54) is 16.9 Å². The van der Waals surface area contributed by atoms with Crippen molar-refractivity contribution in [2.45, 2.75) is 42.7 Å². The molecule has 1 fully saturated rings. The molecule has 1 atom stereocenters. The van der Waals surface area contributed by atoms with Gasteiger partial charge in [-0.2, -0.15) is 0 Å². The van der Waals surface area contributed by atoms with Crippen LogP contribution in [0.25, 0.3) is 0 Å². The molecule has 1 aromatic rings. The molecule has 0 unspecified atom stereocenters. The van der Waals surface area contributed by atoms with E-state index in [-0.39, 0.29) is 6.03 Å². The number of carbonyl (C=O) groups excluding carboxylic acids is 1. The Morgan fingerprint density at radius 3 is 2.82 bits per heavy atom. The summed E-state index contributed by atoms with van der Waals surface area (Å²) in [5.74, 6) is 1.16. The fourth-order valence-corrected chi connectivity index (χ4v) is 4.52. The first-order valence-electron chi connectivity index (χ1n) is 7.86. The van der Waals surface area contributed by atoms with Gasteiger partial charge in [0, 0.05) is 35.1 Å². The second kappa shape index (κ2) is 7.11. The van der Waals surface area contributed by atoms with Crippen molar-refractivity contribution < 1.29 is 4.79 Å². The Bertz CT molecular complexity index is 546. The first-order valence-corrected chi connectivity index (χ1v) is 9.22. The Morgan fingerprint density at radius 2 is 2.09 bits per heavy atom. The maximum atomic E-state index is 11.2. The zero-order valence-electron chi connectivity index (χ0n) is 12.6. The number of thioether (sulfide) groups is 1. The maximum absolute atomic E-state index is 11.2. The molecule has 2 aliphatic heterocycles. The maximum Gasteiger partial charge on any atom is 0.314 e. The fourth-order valence-electron chi connectivity index (χ4n) is 3.27. The number of amides is 2. The van der Waals surface area contributed by atoms with Gasteiger partial charge < -0.3 is 16.0 Å². The van der Waals surface area contributed by atoms with Gasteiger partial charge in [-0.3, -0.25) is 0 Å². The van der Waals surface area contributed by atoms with E-state index in [0.29, 0.717) is 12.1 Å². The third-order valence-corrected chi connectivity index (χ3v) is 5.90. The highest BCUT2D eigenvalue weighted by molar-refractivity contribution is 7.99. The van der Waals surface area contributed by atoms with Crippen LogP contribution >= 0.6 is 23.4 Å². The predicted molar refractivity (Wildman–Crippen MR) is 91.5 cm³/mol. The molecule has 1 aromatic carbocycles. The number of likely N-dealkylation sites (tertiary alicyclic amines) is 1. The number of hydrogen-bond acceptors (Lipinski definition) is 3. The first-order chi connectivity index (χ1) is 10.6. The van der Waals surface area contributed by atoms with Crippen LogP contribution in [0.3, 0.4) is 0 Å². The van der Waals surface area contributed by atoms with Crippen LogP contribution in [0.1, 0.15) is 37.3 Å². The van der Waals surface area contributed by atoms with Gasteiger partial charge >= 0.3 is 6.03 Å². The number of hydrogen-bond donors (Lipinski definition) is 2. The van der Waals surface area contributed by atoms with E-state index in [2.05, 4.69) is 17.4 Å². The third-order valence-electron chi connectivity index (χ3n) is 4.49. The van der Waals surface area contributed by atoms with E-state index < -0.39 is 0 Å². The average molecular weight is 340 g/mol. The molecule has 6 heteroatoms. The number of primary amides is 1. The monoisotopic (exact) mass is 339 g/mol. The SMILES string of the molecule is NC(=O)N1CCC(N[C@@H]2CCCSc3ccc(Cl)cc32)CC1. The Hall–Kier alpha value is -0.910. The van der Waals surface area contributed by atoms with Crippen LogP contribution in [0.2, 0.25) is 5.02 Å². The lowest BCUT2D eigenvalue weighted by Gasteiger charge is -2.34. The van der Waals surface area contributed by atoms with E-state index in [0.717, 1.165) is 43.1 Å². The highest BCUT2D eigenvalue weighted by atomic mass is 35.5. The number of piperidine rings is 1. The van der Waals surface area contributed by atoms with Crippen molar-refractivity contribution in [3.63, 3.8) is 0 Å². The first kappa shape index (κ1) is 16.0. The van der Waals surface area contributed by atoms with Gasteiger partial charge in [-0.15, -0.1) is 11.8 Å². The lowest BCUT2D eigenvalue weighted by Crippen LogP contribution is -2.47. The molecule has 1 saturated heterocycles. The number of rotatable bonds is 2. The lowest BCUT2D eigenvalue weighted by atomic mass is 9.98. The standard InChI is InChI=1S/C16H22ClN3OS/c17-11-3-4-15-13(10-11)14(2-1-9-22-15)19-12-5-7-20(8-6-12)16(18)21/h3-4,10,12,14,19H,1-2,5-9H2,(H2,18,21)/t14-/m1/s1. The van der Waals surface area contributed by atoms with Crippen LogP contribution in [0, 0.1) is 0 Å². The number of carbonyl (C=O) groups is 1. The van der Waals surface area contributed by atoms with Crippen molar-refractivity contribution >= 4 is 29.4 Å². The fraction of sp³-hybridized carbons (Fsp3) is 0.562. The Kier molecular flexibility index (Phi) is 5.16. The number of nitrogens with one attached hydrogen (secondary N) is 1.